The number of thioether (sulfide) groups is 2. The molecule has 0 bridgehead atoms. The van der Waals surface area contributed by atoms with Gasteiger partial charge >= 0.3 is 0 Å². The first-order valence-electron chi connectivity index (χ1n) is 13.9. The molecule has 0 spiro atoms. The van der Waals surface area contributed by atoms with E-state index in [1.165, 1.54) is 11.8 Å². The zero-order chi connectivity index (χ0) is 29.8. The summed E-state index contributed by atoms with van der Waals surface area (Å²) in [6.45, 7) is 2.02. The van der Waals surface area contributed by atoms with Crippen LogP contribution in [-0.2, 0) is 20.7 Å². The van der Waals surface area contributed by atoms with Gasteiger partial charge in [0.05, 0.1) is 24.4 Å². The topological polar surface area (TPSA) is 100 Å². The zero-order valence-electron chi connectivity index (χ0n) is 23.3. The second-order valence-electron chi connectivity index (χ2n) is 10.1. The molecule has 11 heteroatoms. The van der Waals surface area contributed by atoms with Crippen molar-refractivity contribution >= 4 is 52.6 Å². The average molecular weight is 628 g/mol. The van der Waals surface area contributed by atoms with Crippen LogP contribution in [0.5, 0.6) is 0 Å². The lowest BCUT2D eigenvalue weighted by molar-refractivity contribution is -0.138. The molecule has 43 heavy (non-hydrogen) atoms. The Labute approximate surface area is 263 Å². The van der Waals surface area contributed by atoms with Crippen molar-refractivity contribution in [1.29, 1.82) is 0 Å². The third-order valence-corrected chi connectivity index (χ3v) is 9.92. The standard InChI is InChI=1S/C32H29N5O3S3/c1-20(42-25-19-33-36-35-25)28-29(32(41)40-30(22-13-7-3-8-14-22)23-15-9-4-10-16-23)37-26(39)18-27(37)43-31(28)34-24(38)17-21-11-5-2-6-12-21/h2-16,19-20,27,30-31H,17-18H2,1H3,(H,34,38)(H,33,35,36)/t20?,27-,31?/m1/s1. The summed E-state index contributed by atoms with van der Waals surface area (Å²) in [7, 11) is 0. The van der Waals surface area contributed by atoms with Gasteiger partial charge in [-0.1, -0.05) is 103 Å². The maximum atomic E-state index is 13.3. The molecule has 4 aromatic rings. The number of carbonyl (C=O) groups is 2. The Balaban J connectivity index is 1.38. The van der Waals surface area contributed by atoms with Crippen LogP contribution in [0.15, 0.2) is 113 Å². The fraction of sp³-hybridized carbons (Fsp3) is 0.219. The van der Waals surface area contributed by atoms with E-state index in [0.717, 1.165) is 22.3 Å². The predicted molar refractivity (Wildman–Crippen MR) is 172 cm³/mol. The van der Waals surface area contributed by atoms with Gasteiger partial charge in [0.25, 0.3) is 0 Å². The zero-order valence-corrected chi connectivity index (χ0v) is 25.7. The minimum atomic E-state index is -0.488. The van der Waals surface area contributed by atoms with E-state index in [4.69, 9.17) is 17.0 Å². The molecule has 6 rings (SSSR count). The molecule has 8 nitrogen and oxygen atoms in total. The van der Waals surface area contributed by atoms with Crippen LogP contribution in [0.2, 0.25) is 0 Å². The van der Waals surface area contributed by atoms with Crippen LogP contribution in [-0.4, -0.2) is 53.2 Å². The van der Waals surface area contributed by atoms with Gasteiger partial charge in [0.2, 0.25) is 16.9 Å². The summed E-state index contributed by atoms with van der Waals surface area (Å²) in [6, 6.07) is 29.4. The molecule has 3 aromatic carbocycles. The maximum absolute atomic E-state index is 13.3. The number of aromatic amines is 1. The van der Waals surface area contributed by atoms with Gasteiger partial charge in [-0.25, -0.2) is 0 Å². The van der Waals surface area contributed by atoms with Gasteiger partial charge in [0, 0.05) is 10.8 Å². The van der Waals surface area contributed by atoms with Gasteiger partial charge in [0.15, 0.2) is 0 Å². The van der Waals surface area contributed by atoms with Crippen molar-refractivity contribution in [3.8, 4) is 0 Å². The average Bonchev–Trinajstić information content (AvgIpc) is 3.53. The number of thiocarbonyl (C=S) groups is 1. The quantitative estimate of drug-likeness (QED) is 0.132. The predicted octanol–water partition coefficient (Wildman–Crippen LogP) is 5.66. The number of rotatable bonds is 10. The highest BCUT2D eigenvalue weighted by molar-refractivity contribution is 8.01. The number of nitrogens with one attached hydrogen (secondary N) is 2. The molecule has 3 heterocycles. The van der Waals surface area contributed by atoms with Gasteiger partial charge in [-0.2, -0.15) is 10.3 Å². The maximum Gasteiger partial charge on any atom is 0.231 e. The van der Waals surface area contributed by atoms with Crippen LogP contribution in [0.3, 0.4) is 0 Å². The van der Waals surface area contributed by atoms with E-state index in [1.807, 2.05) is 97.9 Å². The summed E-state index contributed by atoms with van der Waals surface area (Å²) in [4.78, 5) is 28.2. The van der Waals surface area contributed by atoms with Crippen LogP contribution in [0.25, 0.3) is 0 Å². The number of fused-ring (bicyclic) bond motifs is 1. The summed E-state index contributed by atoms with van der Waals surface area (Å²) in [5.41, 5.74) is 4.14. The van der Waals surface area contributed by atoms with E-state index >= 15 is 0 Å². The number of amides is 2. The molecule has 1 saturated heterocycles. The summed E-state index contributed by atoms with van der Waals surface area (Å²) >= 11 is 9.06. The monoisotopic (exact) mass is 627 g/mol. The van der Waals surface area contributed by atoms with Gasteiger partial charge in [-0.15, -0.1) is 16.9 Å². The number of β-lactam (4-membered cyclic amide) rings is 1. The highest BCUT2D eigenvalue weighted by atomic mass is 32.2. The third-order valence-electron chi connectivity index (χ3n) is 7.25. The Morgan fingerprint density at radius 3 is 2.28 bits per heavy atom. The Morgan fingerprint density at radius 2 is 1.70 bits per heavy atom. The highest BCUT2D eigenvalue weighted by Crippen LogP contribution is 2.47. The van der Waals surface area contributed by atoms with Crippen molar-refractivity contribution in [2.45, 2.75) is 46.9 Å². The number of H-pyrrole nitrogens is 1. The lowest BCUT2D eigenvalue weighted by Gasteiger charge is -2.49. The van der Waals surface area contributed by atoms with E-state index in [-0.39, 0.29) is 33.9 Å². The first kappa shape index (κ1) is 29.2. The largest absolute Gasteiger partial charge is 0.469 e. The summed E-state index contributed by atoms with van der Waals surface area (Å²) in [5.74, 6) is -0.142. The molecular weight excluding hydrogens is 599 g/mol. The fourth-order valence-electron chi connectivity index (χ4n) is 5.21. The fourth-order valence-corrected chi connectivity index (χ4v) is 8.11. The van der Waals surface area contributed by atoms with Crippen LogP contribution in [0.1, 0.15) is 36.1 Å². The second kappa shape index (κ2) is 13.2. The van der Waals surface area contributed by atoms with Gasteiger partial charge in [-0.3, -0.25) is 14.5 Å². The van der Waals surface area contributed by atoms with Crippen molar-refractivity contribution in [3.63, 3.8) is 0 Å². The van der Waals surface area contributed by atoms with E-state index in [0.29, 0.717) is 17.1 Å². The van der Waals surface area contributed by atoms with E-state index in [2.05, 4.69) is 20.7 Å². The lowest BCUT2D eigenvalue weighted by atomic mass is 10.0. The van der Waals surface area contributed by atoms with Crippen molar-refractivity contribution in [1.82, 2.24) is 25.6 Å². The SMILES string of the molecule is CC(Sc1cn[nH]n1)C1=C(C(=S)OC(c2ccccc2)c2ccccc2)N2C(=O)C[C@H]2SC1NC(=O)Cc1ccccc1. The number of aromatic nitrogens is 3. The molecule has 1 fully saturated rings. The van der Waals surface area contributed by atoms with Gasteiger partial charge in [-0.05, 0) is 35.8 Å². The number of nitrogens with zero attached hydrogens (tertiary/aromatic N) is 3. The van der Waals surface area contributed by atoms with Crippen LogP contribution >= 0.6 is 35.7 Å². The molecule has 2 unspecified atom stereocenters. The molecule has 2 aliphatic heterocycles. The van der Waals surface area contributed by atoms with E-state index in [9.17, 15) is 9.59 Å². The lowest BCUT2D eigenvalue weighted by Crippen LogP contribution is -2.58. The molecule has 2 aliphatic rings. The van der Waals surface area contributed by atoms with E-state index in [1.54, 1.807) is 22.9 Å². The Kier molecular flexibility index (Phi) is 8.92. The highest BCUT2D eigenvalue weighted by Gasteiger charge is 2.49. The Morgan fingerprint density at radius 1 is 1.07 bits per heavy atom. The smallest absolute Gasteiger partial charge is 0.231 e. The number of hydrogen-bond acceptors (Lipinski definition) is 8. The van der Waals surface area contributed by atoms with Gasteiger partial charge in [0.1, 0.15) is 22.2 Å². The molecule has 3 atom stereocenters. The first-order chi connectivity index (χ1) is 21.0. The molecule has 2 N–H and O–H groups in total. The first-order valence-corrected chi connectivity index (χ1v) is 16.1. The molecule has 2 amide bonds. The normalized spacial score (nSPS) is 18.6. The Hall–Kier alpha value is -3.93. The summed E-state index contributed by atoms with van der Waals surface area (Å²) < 4.78 is 6.64. The van der Waals surface area contributed by atoms with Crippen molar-refractivity contribution < 1.29 is 14.3 Å². The van der Waals surface area contributed by atoms with Crippen LogP contribution in [0.4, 0.5) is 0 Å². The summed E-state index contributed by atoms with van der Waals surface area (Å²) in [5, 5.41) is 14.1. The van der Waals surface area contributed by atoms with Gasteiger partial charge < -0.3 is 10.1 Å². The molecule has 0 saturated carbocycles. The minimum absolute atomic E-state index is 0.0281. The van der Waals surface area contributed by atoms with E-state index < -0.39 is 11.5 Å². The van der Waals surface area contributed by atoms with Crippen molar-refractivity contribution in [2.75, 3.05) is 0 Å². The van der Waals surface area contributed by atoms with Crippen molar-refractivity contribution in [2.24, 2.45) is 0 Å². The molecule has 218 valence electrons. The molecule has 1 aromatic heterocycles. The van der Waals surface area contributed by atoms with Crippen molar-refractivity contribution in [3.05, 3.63) is 125 Å². The molecule has 0 radical (unpaired) electrons. The third kappa shape index (κ3) is 6.53. The molecular formula is C32H29N5O3S3. The number of ether oxygens (including phenoxy) is 1. The van der Waals surface area contributed by atoms with Crippen LogP contribution < -0.4 is 5.32 Å². The number of hydrogen-bond donors (Lipinski definition) is 2. The molecule has 0 aliphatic carbocycles. The number of carbonyl (C=O) groups excluding carboxylic acids is 2. The second-order valence-corrected chi connectivity index (χ2v) is 13.2. The Bertz CT molecular complexity index is 1580. The summed E-state index contributed by atoms with van der Waals surface area (Å²) in [6.07, 6.45) is 1.76. The number of benzene rings is 3. The van der Waals surface area contributed by atoms with Crippen LogP contribution in [0, 0.1) is 0 Å². The minimum Gasteiger partial charge on any atom is -0.469 e.